The van der Waals surface area contributed by atoms with Gasteiger partial charge in [0.1, 0.15) is 12.4 Å². The lowest BCUT2D eigenvalue weighted by atomic mass is 10.0. The lowest BCUT2D eigenvalue weighted by Gasteiger charge is -2.15. The van der Waals surface area contributed by atoms with Crippen molar-refractivity contribution in [3.63, 3.8) is 0 Å². The van der Waals surface area contributed by atoms with Gasteiger partial charge in [-0.3, -0.25) is 0 Å². The molecule has 0 saturated carbocycles. The number of ether oxygens (including phenoxy) is 1. The largest absolute Gasteiger partial charge is 0.489 e. The van der Waals surface area contributed by atoms with Gasteiger partial charge >= 0.3 is 0 Å². The first-order valence-corrected chi connectivity index (χ1v) is 7.04. The molecule has 20 heavy (non-hydrogen) atoms. The van der Waals surface area contributed by atoms with Gasteiger partial charge in [0.15, 0.2) is 0 Å². The van der Waals surface area contributed by atoms with E-state index in [2.05, 4.69) is 62.5 Å². The fourth-order valence-corrected chi connectivity index (χ4v) is 2.40. The van der Waals surface area contributed by atoms with Gasteiger partial charge in [-0.05, 0) is 50.6 Å². The van der Waals surface area contributed by atoms with Crippen LogP contribution in [-0.2, 0) is 13.2 Å². The number of rotatable bonds is 5. The Labute approximate surface area is 121 Å². The molecule has 0 aromatic heterocycles. The van der Waals surface area contributed by atoms with E-state index in [1.165, 1.54) is 27.8 Å². The van der Waals surface area contributed by atoms with Crippen LogP contribution in [0, 0.1) is 20.8 Å². The first kappa shape index (κ1) is 14.6. The zero-order valence-corrected chi connectivity index (χ0v) is 12.8. The third-order valence-electron chi connectivity index (χ3n) is 3.60. The van der Waals surface area contributed by atoms with Crippen LogP contribution in [0.1, 0.15) is 27.8 Å². The van der Waals surface area contributed by atoms with Gasteiger partial charge in [0.05, 0.1) is 0 Å². The number of nitrogens with one attached hydrogen (secondary N) is 1. The summed E-state index contributed by atoms with van der Waals surface area (Å²) in [5, 5.41) is 3.19. The summed E-state index contributed by atoms with van der Waals surface area (Å²) in [4.78, 5) is 0. The highest BCUT2D eigenvalue weighted by atomic mass is 16.5. The van der Waals surface area contributed by atoms with Crippen molar-refractivity contribution in [1.82, 2.24) is 5.32 Å². The first-order valence-electron chi connectivity index (χ1n) is 7.04. The fraction of sp³-hybridized carbons (Fsp3) is 0.333. The van der Waals surface area contributed by atoms with Crippen LogP contribution in [0.3, 0.4) is 0 Å². The van der Waals surface area contributed by atoms with Crippen LogP contribution in [0.2, 0.25) is 0 Å². The van der Waals surface area contributed by atoms with Gasteiger partial charge in [-0.2, -0.15) is 0 Å². The summed E-state index contributed by atoms with van der Waals surface area (Å²) < 4.78 is 6.05. The lowest BCUT2D eigenvalue weighted by molar-refractivity contribution is 0.301. The standard InChI is InChI=1S/C18H23NO/c1-13-8-9-18(16(10-13)11-19-4)20-12-17-14(2)6-5-7-15(17)3/h5-10,19H,11-12H2,1-4H3. The molecular weight excluding hydrogens is 246 g/mol. The highest BCUT2D eigenvalue weighted by Gasteiger charge is 2.07. The fourth-order valence-electron chi connectivity index (χ4n) is 2.40. The summed E-state index contributed by atoms with van der Waals surface area (Å²) in [6.07, 6.45) is 0. The van der Waals surface area contributed by atoms with E-state index in [1.807, 2.05) is 7.05 Å². The maximum atomic E-state index is 6.05. The van der Waals surface area contributed by atoms with Crippen LogP contribution < -0.4 is 10.1 Å². The maximum Gasteiger partial charge on any atom is 0.124 e. The van der Waals surface area contributed by atoms with Crippen LogP contribution >= 0.6 is 0 Å². The van der Waals surface area contributed by atoms with Gasteiger partial charge in [-0.15, -0.1) is 0 Å². The molecule has 2 nitrogen and oxygen atoms in total. The van der Waals surface area contributed by atoms with Crippen molar-refractivity contribution in [2.45, 2.75) is 33.9 Å². The maximum absolute atomic E-state index is 6.05. The van der Waals surface area contributed by atoms with Crippen molar-refractivity contribution in [2.75, 3.05) is 7.05 Å². The molecule has 0 unspecified atom stereocenters. The average Bonchev–Trinajstić information content (AvgIpc) is 2.40. The topological polar surface area (TPSA) is 21.3 Å². The average molecular weight is 269 g/mol. The van der Waals surface area contributed by atoms with Crippen LogP contribution in [0.15, 0.2) is 36.4 Å². The van der Waals surface area contributed by atoms with Crippen molar-refractivity contribution in [3.8, 4) is 5.75 Å². The summed E-state index contributed by atoms with van der Waals surface area (Å²) in [6.45, 7) is 7.82. The third-order valence-corrected chi connectivity index (χ3v) is 3.60. The molecule has 106 valence electrons. The molecule has 0 fully saturated rings. The molecule has 0 heterocycles. The Morgan fingerprint density at radius 3 is 2.35 bits per heavy atom. The molecule has 0 bridgehead atoms. The lowest BCUT2D eigenvalue weighted by Crippen LogP contribution is -2.08. The van der Waals surface area contributed by atoms with E-state index < -0.39 is 0 Å². The van der Waals surface area contributed by atoms with Gasteiger partial charge in [0.25, 0.3) is 0 Å². The summed E-state index contributed by atoms with van der Waals surface area (Å²) in [5.74, 6) is 0.965. The second kappa shape index (κ2) is 6.58. The Morgan fingerprint density at radius 1 is 1.00 bits per heavy atom. The molecule has 1 N–H and O–H groups in total. The molecule has 0 radical (unpaired) electrons. The van der Waals surface area contributed by atoms with Crippen LogP contribution in [0.25, 0.3) is 0 Å². The highest BCUT2D eigenvalue weighted by molar-refractivity contribution is 5.38. The van der Waals surface area contributed by atoms with Crippen molar-refractivity contribution in [2.24, 2.45) is 0 Å². The molecule has 2 aromatic carbocycles. The van der Waals surface area contributed by atoms with Crippen molar-refractivity contribution in [3.05, 3.63) is 64.2 Å². The first-order chi connectivity index (χ1) is 9.61. The van der Waals surface area contributed by atoms with E-state index in [4.69, 9.17) is 4.74 Å². The van der Waals surface area contributed by atoms with E-state index >= 15 is 0 Å². The van der Waals surface area contributed by atoms with Gasteiger partial charge in [0, 0.05) is 12.1 Å². The molecule has 2 rings (SSSR count). The molecule has 0 spiro atoms. The van der Waals surface area contributed by atoms with E-state index in [0.29, 0.717) is 6.61 Å². The Bertz CT molecular complexity index is 570. The highest BCUT2D eigenvalue weighted by Crippen LogP contribution is 2.22. The number of hydrogen-bond donors (Lipinski definition) is 1. The Kier molecular flexibility index (Phi) is 4.80. The molecular formula is C18H23NO. The normalized spacial score (nSPS) is 10.6. The minimum atomic E-state index is 0.623. The van der Waals surface area contributed by atoms with Gasteiger partial charge in [-0.1, -0.05) is 35.9 Å². The van der Waals surface area contributed by atoms with Gasteiger partial charge in [0.2, 0.25) is 0 Å². The molecule has 0 saturated heterocycles. The van der Waals surface area contributed by atoms with Crippen LogP contribution in [0.5, 0.6) is 5.75 Å². The van der Waals surface area contributed by atoms with Crippen LogP contribution in [-0.4, -0.2) is 7.05 Å². The minimum absolute atomic E-state index is 0.623. The second-order valence-electron chi connectivity index (χ2n) is 5.30. The van der Waals surface area contributed by atoms with Crippen LogP contribution in [0.4, 0.5) is 0 Å². The summed E-state index contributed by atoms with van der Waals surface area (Å²) >= 11 is 0. The Morgan fingerprint density at radius 2 is 1.70 bits per heavy atom. The zero-order valence-electron chi connectivity index (χ0n) is 12.8. The molecule has 0 atom stereocenters. The Hall–Kier alpha value is -1.80. The summed E-state index contributed by atoms with van der Waals surface area (Å²) in [5.41, 5.74) is 6.32. The predicted octanol–water partition coefficient (Wildman–Crippen LogP) is 3.91. The number of hydrogen-bond acceptors (Lipinski definition) is 2. The van der Waals surface area contributed by atoms with E-state index in [-0.39, 0.29) is 0 Å². The zero-order chi connectivity index (χ0) is 14.5. The molecule has 0 aliphatic carbocycles. The van der Waals surface area contributed by atoms with Gasteiger partial charge < -0.3 is 10.1 Å². The Balaban J connectivity index is 2.18. The molecule has 0 aliphatic heterocycles. The van der Waals surface area contributed by atoms with Crippen molar-refractivity contribution in [1.29, 1.82) is 0 Å². The number of benzene rings is 2. The minimum Gasteiger partial charge on any atom is -0.489 e. The van der Waals surface area contributed by atoms with E-state index in [9.17, 15) is 0 Å². The second-order valence-corrected chi connectivity index (χ2v) is 5.30. The molecule has 2 aromatic rings. The quantitative estimate of drug-likeness (QED) is 0.888. The third kappa shape index (κ3) is 3.40. The van der Waals surface area contributed by atoms with Crippen molar-refractivity contribution >= 4 is 0 Å². The summed E-state index contributed by atoms with van der Waals surface area (Å²) in [7, 11) is 1.96. The predicted molar refractivity (Wildman–Crippen MR) is 84.2 cm³/mol. The molecule has 2 heteroatoms. The molecule has 0 aliphatic rings. The van der Waals surface area contributed by atoms with Crippen molar-refractivity contribution < 1.29 is 4.74 Å². The van der Waals surface area contributed by atoms with E-state index in [1.54, 1.807) is 0 Å². The van der Waals surface area contributed by atoms with E-state index in [0.717, 1.165) is 12.3 Å². The SMILES string of the molecule is CNCc1cc(C)ccc1OCc1c(C)cccc1C. The number of aryl methyl sites for hydroxylation is 3. The molecule has 0 amide bonds. The summed E-state index contributed by atoms with van der Waals surface area (Å²) in [6, 6.07) is 12.7. The monoisotopic (exact) mass is 269 g/mol. The van der Waals surface area contributed by atoms with Gasteiger partial charge in [-0.25, -0.2) is 0 Å². The smallest absolute Gasteiger partial charge is 0.124 e.